The molecular formula is C8H17N3O3S. The fourth-order valence-corrected chi connectivity index (χ4v) is 2.03. The van der Waals surface area contributed by atoms with Gasteiger partial charge in [0.2, 0.25) is 0 Å². The summed E-state index contributed by atoms with van der Waals surface area (Å²) in [5.74, 6) is 0. The normalized spacial score (nSPS) is 12.0. The summed E-state index contributed by atoms with van der Waals surface area (Å²) in [6, 6.07) is 1.92. The van der Waals surface area contributed by atoms with Gasteiger partial charge >= 0.3 is 0 Å². The molecule has 0 N–H and O–H groups in total. The molecule has 0 saturated heterocycles. The van der Waals surface area contributed by atoms with Gasteiger partial charge in [-0.1, -0.05) is 0 Å². The van der Waals surface area contributed by atoms with E-state index in [0.717, 1.165) is 4.31 Å². The molecular weight excluding hydrogens is 218 g/mol. The van der Waals surface area contributed by atoms with Crippen molar-refractivity contribution >= 4 is 10.2 Å². The lowest BCUT2D eigenvalue weighted by Gasteiger charge is -2.24. The van der Waals surface area contributed by atoms with Crippen molar-refractivity contribution in [3.8, 4) is 6.07 Å². The molecule has 0 bridgehead atoms. The van der Waals surface area contributed by atoms with Gasteiger partial charge in [-0.25, -0.2) is 0 Å². The van der Waals surface area contributed by atoms with Crippen LogP contribution in [0.25, 0.3) is 0 Å². The lowest BCUT2D eigenvalue weighted by molar-refractivity contribution is 0.177. The minimum absolute atomic E-state index is 0.177. The van der Waals surface area contributed by atoms with Gasteiger partial charge in [-0.15, -0.1) is 0 Å². The minimum Gasteiger partial charge on any atom is -0.383 e. The van der Waals surface area contributed by atoms with E-state index in [4.69, 9.17) is 10.00 Å². The van der Waals surface area contributed by atoms with Crippen molar-refractivity contribution in [2.24, 2.45) is 0 Å². The maximum Gasteiger partial charge on any atom is 0.281 e. The Balaban J connectivity index is 4.55. The molecule has 0 aliphatic heterocycles. The zero-order valence-electron chi connectivity index (χ0n) is 9.30. The summed E-state index contributed by atoms with van der Waals surface area (Å²) in [6.07, 6.45) is 0.177. The Hall–Kier alpha value is -0.680. The van der Waals surface area contributed by atoms with Crippen LogP contribution in [0.1, 0.15) is 6.42 Å². The van der Waals surface area contributed by atoms with E-state index in [1.807, 2.05) is 6.07 Å². The number of ether oxygens (including phenoxy) is 1. The van der Waals surface area contributed by atoms with Gasteiger partial charge in [-0.05, 0) is 0 Å². The smallest absolute Gasteiger partial charge is 0.281 e. The molecule has 0 aromatic carbocycles. The average molecular weight is 235 g/mol. The molecule has 6 nitrogen and oxygen atoms in total. The third-order valence-electron chi connectivity index (χ3n) is 1.81. The number of hydrogen-bond donors (Lipinski definition) is 0. The first-order valence-electron chi connectivity index (χ1n) is 4.50. The van der Waals surface area contributed by atoms with E-state index in [-0.39, 0.29) is 19.5 Å². The van der Waals surface area contributed by atoms with Crippen molar-refractivity contribution < 1.29 is 13.2 Å². The summed E-state index contributed by atoms with van der Waals surface area (Å²) >= 11 is 0. The van der Waals surface area contributed by atoms with E-state index < -0.39 is 10.2 Å². The van der Waals surface area contributed by atoms with Crippen LogP contribution in [0.15, 0.2) is 0 Å². The maximum absolute atomic E-state index is 11.7. The number of rotatable bonds is 7. The molecule has 7 heteroatoms. The van der Waals surface area contributed by atoms with E-state index in [1.54, 1.807) is 0 Å². The van der Waals surface area contributed by atoms with Crippen LogP contribution in [-0.2, 0) is 14.9 Å². The Morgan fingerprint density at radius 1 is 1.33 bits per heavy atom. The first kappa shape index (κ1) is 14.3. The van der Waals surface area contributed by atoms with Crippen molar-refractivity contribution in [1.29, 1.82) is 5.26 Å². The zero-order chi connectivity index (χ0) is 11.9. The van der Waals surface area contributed by atoms with Crippen LogP contribution in [-0.4, -0.2) is 57.9 Å². The number of nitrogens with zero attached hydrogens (tertiary/aromatic N) is 3. The first-order valence-corrected chi connectivity index (χ1v) is 5.90. The topological polar surface area (TPSA) is 73.6 Å². The second-order valence-electron chi connectivity index (χ2n) is 3.09. The molecule has 0 atom stereocenters. The van der Waals surface area contributed by atoms with Gasteiger partial charge in [0.05, 0.1) is 12.7 Å². The summed E-state index contributed by atoms with van der Waals surface area (Å²) in [5, 5.41) is 8.43. The highest BCUT2D eigenvalue weighted by atomic mass is 32.2. The monoisotopic (exact) mass is 235 g/mol. The van der Waals surface area contributed by atoms with E-state index >= 15 is 0 Å². The third-order valence-corrected chi connectivity index (χ3v) is 3.75. The van der Waals surface area contributed by atoms with Gasteiger partial charge in [-0.2, -0.15) is 22.3 Å². The molecule has 0 unspecified atom stereocenters. The molecule has 0 saturated carbocycles. The van der Waals surface area contributed by atoms with Gasteiger partial charge < -0.3 is 4.74 Å². The Bertz CT molecular complexity index is 308. The van der Waals surface area contributed by atoms with Gasteiger partial charge in [0.15, 0.2) is 0 Å². The summed E-state index contributed by atoms with van der Waals surface area (Å²) in [7, 11) is 0.976. The molecule has 0 aromatic rings. The Morgan fingerprint density at radius 3 is 2.33 bits per heavy atom. The predicted octanol–water partition coefficient (Wildman–Crippen LogP) is -0.345. The molecule has 0 amide bonds. The highest BCUT2D eigenvalue weighted by molar-refractivity contribution is 7.86. The number of nitriles is 1. The molecule has 0 rings (SSSR count). The van der Waals surface area contributed by atoms with Gasteiger partial charge in [-0.3, -0.25) is 0 Å². The second-order valence-corrected chi connectivity index (χ2v) is 5.23. The molecule has 0 aliphatic carbocycles. The minimum atomic E-state index is -3.45. The summed E-state index contributed by atoms with van der Waals surface area (Å²) in [6.45, 7) is 0.775. The molecule has 0 aliphatic rings. The standard InChI is InChI=1S/C8H17N3O3S/c1-10(2)15(12,13)11(6-4-5-9)7-8-14-3/h4,6-8H2,1-3H3. The van der Waals surface area contributed by atoms with Crippen molar-refractivity contribution in [2.75, 3.05) is 40.9 Å². The van der Waals surface area contributed by atoms with Gasteiger partial charge in [0.1, 0.15) is 0 Å². The Labute approximate surface area is 91.2 Å². The van der Waals surface area contributed by atoms with E-state index in [9.17, 15) is 8.42 Å². The van der Waals surface area contributed by atoms with Crippen molar-refractivity contribution in [3.05, 3.63) is 0 Å². The quantitative estimate of drug-likeness (QED) is 0.605. The Morgan fingerprint density at radius 2 is 1.93 bits per heavy atom. The average Bonchev–Trinajstić information content (AvgIpc) is 2.17. The number of methoxy groups -OCH3 is 1. The highest BCUT2D eigenvalue weighted by Gasteiger charge is 2.23. The SMILES string of the molecule is COCCN(CCC#N)S(=O)(=O)N(C)C. The second kappa shape index (κ2) is 6.74. The molecule has 0 radical (unpaired) electrons. The van der Waals surface area contributed by atoms with Crippen LogP contribution in [0.4, 0.5) is 0 Å². The third kappa shape index (κ3) is 4.57. The first-order chi connectivity index (χ1) is 6.96. The Kier molecular flexibility index (Phi) is 6.43. The van der Waals surface area contributed by atoms with Crippen LogP contribution in [0.2, 0.25) is 0 Å². The fourth-order valence-electron chi connectivity index (χ4n) is 0.941. The van der Waals surface area contributed by atoms with Crippen molar-refractivity contribution in [2.45, 2.75) is 6.42 Å². The molecule has 88 valence electrons. The zero-order valence-corrected chi connectivity index (χ0v) is 10.1. The predicted molar refractivity (Wildman–Crippen MR) is 56.3 cm³/mol. The molecule has 0 fully saturated rings. The molecule has 0 aromatic heterocycles. The van der Waals surface area contributed by atoms with Gasteiger partial charge in [0, 0.05) is 40.7 Å². The van der Waals surface area contributed by atoms with Gasteiger partial charge in [0.25, 0.3) is 10.2 Å². The van der Waals surface area contributed by atoms with Crippen LogP contribution in [0, 0.1) is 11.3 Å². The fraction of sp³-hybridized carbons (Fsp3) is 0.875. The summed E-state index contributed by atoms with van der Waals surface area (Å²) < 4.78 is 30.6. The highest BCUT2D eigenvalue weighted by Crippen LogP contribution is 2.04. The molecule has 0 spiro atoms. The lowest BCUT2D eigenvalue weighted by Crippen LogP contribution is -2.42. The van der Waals surface area contributed by atoms with Crippen molar-refractivity contribution in [1.82, 2.24) is 8.61 Å². The van der Waals surface area contributed by atoms with Crippen LogP contribution < -0.4 is 0 Å². The maximum atomic E-state index is 11.7. The van der Waals surface area contributed by atoms with E-state index in [0.29, 0.717) is 6.61 Å². The van der Waals surface area contributed by atoms with Crippen LogP contribution >= 0.6 is 0 Å². The van der Waals surface area contributed by atoms with E-state index in [1.165, 1.54) is 25.5 Å². The molecule has 15 heavy (non-hydrogen) atoms. The summed E-state index contributed by atoms with van der Waals surface area (Å²) in [5.41, 5.74) is 0. The number of hydrogen-bond acceptors (Lipinski definition) is 4. The summed E-state index contributed by atoms with van der Waals surface area (Å²) in [4.78, 5) is 0. The lowest BCUT2D eigenvalue weighted by atomic mass is 10.4. The molecule has 0 heterocycles. The largest absolute Gasteiger partial charge is 0.383 e. The van der Waals surface area contributed by atoms with Crippen LogP contribution in [0.3, 0.4) is 0 Å². The van der Waals surface area contributed by atoms with E-state index in [2.05, 4.69) is 0 Å². The van der Waals surface area contributed by atoms with Crippen LogP contribution in [0.5, 0.6) is 0 Å². The van der Waals surface area contributed by atoms with Crippen molar-refractivity contribution in [3.63, 3.8) is 0 Å².